The number of pyridine rings is 1. The maximum absolute atomic E-state index is 12.7. The van der Waals surface area contributed by atoms with Crippen LogP contribution in [0.2, 0.25) is 0 Å². The van der Waals surface area contributed by atoms with E-state index >= 15 is 0 Å². The summed E-state index contributed by atoms with van der Waals surface area (Å²) in [5.41, 5.74) is 1.53. The molecule has 27 heavy (non-hydrogen) atoms. The van der Waals surface area contributed by atoms with E-state index in [-0.39, 0.29) is 30.8 Å². The first-order valence-electron chi connectivity index (χ1n) is 9.13. The Balaban J connectivity index is 1.62. The minimum Gasteiger partial charge on any atom is -0.480 e. The lowest BCUT2D eigenvalue weighted by Gasteiger charge is -2.28. The summed E-state index contributed by atoms with van der Waals surface area (Å²) in [6, 6.07) is 5.56. The zero-order valence-electron chi connectivity index (χ0n) is 15.4. The number of carboxylic acids is 1. The van der Waals surface area contributed by atoms with Crippen molar-refractivity contribution in [3.05, 3.63) is 36.3 Å². The van der Waals surface area contributed by atoms with Gasteiger partial charge < -0.3 is 19.3 Å². The van der Waals surface area contributed by atoms with Crippen molar-refractivity contribution in [2.24, 2.45) is 0 Å². The highest BCUT2D eigenvalue weighted by molar-refractivity contribution is 5.80. The smallest absolute Gasteiger partial charge is 0.323 e. The molecule has 1 saturated heterocycles. The van der Waals surface area contributed by atoms with Crippen LogP contribution in [0.25, 0.3) is 5.65 Å². The van der Waals surface area contributed by atoms with Crippen LogP contribution in [0.3, 0.4) is 0 Å². The van der Waals surface area contributed by atoms with Gasteiger partial charge in [0.25, 0.3) is 0 Å². The van der Waals surface area contributed by atoms with Crippen LogP contribution in [0.1, 0.15) is 31.9 Å². The van der Waals surface area contributed by atoms with E-state index in [0.717, 1.165) is 17.8 Å². The summed E-state index contributed by atoms with van der Waals surface area (Å²) in [6.45, 7) is 2.22. The van der Waals surface area contributed by atoms with Gasteiger partial charge >= 0.3 is 5.97 Å². The summed E-state index contributed by atoms with van der Waals surface area (Å²) in [4.78, 5) is 43.2. The Morgan fingerprint density at radius 2 is 2.07 bits per heavy atom. The van der Waals surface area contributed by atoms with Gasteiger partial charge in [0, 0.05) is 38.4 Å². The molecule has 2 aromatic rings. The first kappa shape index (κ1) is 18.9. The molecule has 3 rings (SSSR count). The molecule has 144 valence electrons. The fourth-order valence-corrected chi connectivity index (χ4v) is 3.62. The van der Waals surface area contributed by atoms with Crippen LogP contribution < -0.4 is 0 Å². The zero-order chi connectivity index (χ0) is 19.4. The fraction of sp³-hybridized carbons (Fsp3) is 0.474. The number of fused-ring (bicyclic) bond motifs is 1. The molecule has 2 aromatic heterocycles. The average molecular weight is 372 g/mol. The zero-order valence-corrected chi connectivity index (χ0v) is 15.4. The number of aliphatic carboxylic acids is 1. The van der Waals surface area contributed by atoms with Gasteiger partial charge in [-0.1, -0.05) is 6.07 Å². The molecule has 8 heteroatoms. The van der Waals surface area contributed by atoms with Gasteiger partial charge in [-0.15, -0.1) is 0 Å². The quantitative estimate of drug-likeness (QED) is 0.851. The van der Waals surface area contributed by atoms with Crippen LogP contribution in [0.15, 0.2) is 30.6 Å². The van der Waals surface area contributed by atoms with Gasteiger partial charge in [0.05, 0.1) is 12.1 Å². The predicted octanol–water partition coefficient (Wildman–Crippen LogP) is 1.19. The Hall–Kier alpha value is -2.90. The Morgan fingerprint density at radius 1 is 1.26 bits per heavy atom. The Morgan fingerprint density at radius 3 is 2.78 bits per heavy atom. The van der Waals surface area contributed by atoms with E-state index in [1.54, 1.807) is 4.90 Å². The second-order valence-electron chi connectivity index (χ2n) is 6.88. The Labute approximate surface area is 157 Å². The molecule has 1 aliphatic heterocycles. The van der Waals surface area contributed by atoms with Crippen molar-refractivity contribution in [1.82, 2.24) is 19.2 Å². The normalized spacial score (nSPS) is 17.5. The van der Waals surface area contributed by atoms with Gasteiger partial charge in [-0.2, -0.15) is 0 Å². The van der Waals surface area contributed by atoms with Crippen LogP contribution in [-0.2, 0) is 20.8 Å². The number of hydrogen-bond acceptors (Lipinski definition) is 4. The summed E-state index contributed by atoms with van der Waals surface area (Å²) in [5.74, 6) is -1.26. The van der Waals surface area contributed by atoms with Crippen molar-refractivity contribution >= 4 is 23.4 Å². The van der Waals surface area contributed by atoms with Gasteiger partial charge in [0.2, 0.25) is 11.8 Å². The first-order valence-corrected chi connectivity index (χ1v) is 9.13. The van der Waals surface area contributed by atoms with E-state index in [9.17, 15) is 14.4 Å². The molecule has 1 atom stereocenters. The summed E-state index contributed by atoms with van der Waals surface area (Å²) in [5, 5.41) is 9.03. The molecule has 0 bridgehead atoms. The molecule has 1 fully saturated rings. The maximum Gasteiger partial charge on any atom is 0.323 e. The van der Waals surface area contributed by atoms with Crippen molar-refractivity contribution in [3.8, 4) is 0 Å². The number of carboxylic acid groups (broad SMARTS) is 1. The number of aromatic nitrogens is 2. The first-order chi connectivity index (χ1) is 12.9. The van der Waals surface area contributed by atoms with Gasteiger partial charge in [0.15, 0.2) is 0 Å². The predicted molar refractivity (Wildman–Crippen MR) is 98.1 cm³/mol. The monoisotopic (exact) mass is 372 g/mol. The molecule has 1 aliphatic rings. The molecule has 0 spiro atoms. The van der Waals surface area contributed by atoms with Crippen molar-refractivity contribution in [2.45, 2.75) is 38.6 Å². The fourth-order valence-electron chi connectivity index (χ4n) is 3.62. The second-order valence-corrected chi connectivity index (χ2v) is 6.88. The van der Waals surface area contributed by atoms with Crippen molar-refractivity contribution < 1.29 is 19.5 Å². The number of carbonyl (C=O) groups excluding carboxylic acids is 2. The molecule has 1 N–H and O–H groups in total. The lowest BCUT2D eigenvalue weighted by molar-refractivity contribution is -0.145. The van der Waals surface area contributed by atoms with E-state index in [1.807, 2.05) is 35.0 Å². The van der Waals surface area contributed by atoms with E-state index in [0.29, 0.717) is 25.9 Å². The molecular formula is C19H24N4O4. The molecule has 0 aliphatic carbocycles. The van der Waals surface area contributed by atoms with Crippen LogP contribution in [0.4, 0.5) is 0 Å². The van der Waals surface area contributed by atoms with Crippen molar-refractivity contribution in [3.63, 3.8) is 0 Å². The van der Waals surface area contributed by atoms with Gasteiger partial charge in [-0.3, -0.25) is 14.4 Å². The van der Waals surface area contributed by atoms with E-state index in [4.69, 9.17) is 5.11 Å². The number of imidazole rings is 1. The number of amides is 2. The largest absolute Gasteiger partial charge is 0.480 e. The van der Waals surface area contributed by atoms with Gasteiger partial charge in [-0.05, 0) is 31.4 Å². The topological polar surface area (TPSA) is 95.2 Å². The third kappa shape index (κ3) is 4.64. The molecular weight excluding hydrogens is 348 g/mol. The molecule has 0 radical (unpaired) electrons. The summed E-state index contributed by atoms with van der Waals surface area (Å²) >= 11 is 0. The Bertz CT molecular complexity index is 814. The maximum atomic E-state index is 12.7. The summed E-state index contributed by atoms with van der Waals surface area (Å²) in [6.07, 6.45) is 6.02. The number of likely N-dealkylation sites (tertiary alicyclic amines) is 1. The summed E-state index contributed by atoms with van der Waals surface area (Å²) in [7, 11) is 0. The van der Waals surface area contributed by atoms with Crippen LogP contribution in [0.5, 0.6) is 0 Å². The minimum atomic E-state index is -1.02. The highest BCUT2D eigenvalue weighted by atomic mass is 16.4. The second kappa shape index (κ2) is 8.20. The highest BCUT2D eigenvalue weighted by Crippen LogP contribution is 2.18. The number of nitrogens with zero attached hydrogens (tertiary/aromatic N) is 4. The third-order valence-corrected chi connectivity index (χ3v) is 4.95. The summed E-state index contributed by atoms with van der Waals surface area (Å²) < 4.78 is 1.89. The molecule has 3 heterocycles. The third-order valence-electron chi connectivity index (χ3n) is 4.95. The van der Waals surface area contributed by atoms with E-state index in [2.05, 4.69) is 4.98 Å². The highest BCUT2D eigenvalue weighted by Gasteiger charge is 2.27. The van der Waals surface area contributed by atoms with Crippen LogP contribution >= 0.6 is 0 Å². The number of hydrogen-bond donors (Lipinski definition) is 1. The molecule has 1 unspecified atom stereocenters. The van der Waals surface area contributed by atoms with Gasteiger partial charge in [0.1, 0.15) is 12.2 Å². The van der Waals surface area contributed by atoms with E-state index in [1.165, 1.54) is 11.8 Å². The number of rotatable bonds is 5. The minimum absolute atomic E-state index is 0.00617. The lowest BCUT2D eigenvalue weighted by Crippen LogP contribution is -2.43. The standard InChI is InChI=1S/C19H24N4O4/c1-14(24)23(13-19(26)27)16-5-4-9-21(10-7-16)18(25)11-15-12-22-8-3-2-6-17(22)20-15/h2-3,6,8,12,16H,4-5,7,9-11,13H2,1H3,(H,26,27). The average Bonchev–Trinajstić information content (AvgIpc) is 2.86. The van der Waals surface area contributed by atoms with E-state index < -0.39 is 5.97 Å². The SMILES string of the molecule is CC(=O)N(CC(=O)O)C1CCCN(C(=O)Cc2cn3ccccc3n2)CC1. The molecule has 0 saturated carbocycles. The lowest BCUT2D eigenvalue weighted by atomic mass is 10.1. The van der Waals surface area contributed by atoms with Gasteiger partial charge in [-0.25, -0.2) is 4.98 Å². The molecule has 2 amide bonds. The van der Waals surface area contributed by atoms with Crippen LogP contribution in [0, 0.1) is 0 Å². The Kier molecular flexibility index (Phi) is 5.73. The molecule has 0 aromatic carbocycles. The molecule has 8 nitrogen and oxygen atoms in total. The van der Waals surface area contributed by atoms with Crippen molar-refractivity contribution in [1.29, 1.82) is 0 Å². The number of carbonyl (C=O) groups is 3. The van der Waals surface area contributed by atoms with Crippen LogP contribution in [-0.4, -0.2) is 67.8 Å². The van der Waals surface area contributed by atoms with Crippen molar-refractivity contribution in [2.75, 3.05) is 19.6 Å².